The lowest BCUT2D eigenvalue weighted by Gasteiger charge is -2.14. The molecule has 10 heteroatoms. The van der Waals surface area contributed by atoms with Crippen molar-refractivity contribution in [2.45, 2.75) is 22.5 Å². The zero-order valence-electron chi connectivity index (χ0n) is 15.7. The molecule has 0 aliphatic rings. The van der Waals surface area contributed by atoms with Crippen molar-refractivity contribution in [3.8, 4) is 0 Å². The normalized spacial score (nSPS) is 12.0. The summed E-state index contributed by atoms with van der Waals surface area (Å²) in [5.41, 5.74) is 2.60. The van der Waals surface area contributed by atoms with Crippen molar-refractivity contribution < 1.29 is 25.6 Å². The summed E-state index contributed by atoms with van der Waals surface area (Å²) in [4.78, 5) is -0.918. The largest absolute Gasteiger partial charge is 0.354 e. The first-order chi connectivity index (χ1) is 14.1. The van der Waals surface area contributed by atoms with E-state index >= 15 is 0 Å². The number of benzene rings is 3. The SMILES string of the molecule is Cc1ccc(Nc2ccccc2NS(=O)(=O)c2ccc(S(=O)(=O)C(F)F)cc2)cc1. The maximum absolute atomic E-state index is 12.7. The molecule has 0 bridgehead atoms. The van der Waals surface area contributed by atoms with Crippen LogP contribution < -0.4 is 10.0 Å². The lowest BCUT2D eigenvalue weighted by Crippen LogP contribution is -2.15. The van der Waals surface area contributed by atoms with Crippen LogP contribution in [0.25, 0.3) is 0 Å². The summed E-state index contributed by atoms with van der Waals surface area (Å²) < 4.78 is 76.1. The van der Waals surface area contributed by atoms with Gasteiger partial charge in [0.2, 0.25) is 9.84 Å². The zero-order chi connectivity index (χ0) is 21.9. The van der Waals surface area contributed by atoms with Crippen LogP contribution in [-0.2, 0) is 19.9 Å². The van der Waals surface area contributed by atoms with Gasteiger partial charge < -0.3 is 5.32 Å². The molecule has 158 valence electrons. The van der Waals surface area contributed by atoms with Gasteiger partial charge in [0.25, 0.3) is 10.0 Å². The summed E-state index contributed by atoms with van der Waals surface area (Å²) in [6.07, 6.45) is 0. The number of para-hydroxylation sites is 2. The van der Waals surface area contributed by atoms with Crippen molar-refractivity contribution in [3.05, 3.63) is 78.4 Å². The van der Waals surface area contributed by atoms with Crippen molar-refractivity contribution >= 4 is 36.9 Å². The Balaban J connectivity index is 1.86. The van der Waals surface area contributed by atoms with Gasteiger partial charge in [0.15, 0.2) is 0 Å². The monoisotopic (exact) mass is 452 g/mol. The predicted molar refractivity (Wildman–Crippen MR) is 111 cm³/mol. The number of hydrogen-bond donors (Lipinski definition) is 2. The van der Waals surface area contributed by atoms with Gasteiger partial charge in [0, 0.05) is 5.69 Å². The molecule has 0 amide bonds. The lowest BCUT2D eigenvalue weighted by atomic mass is 10.2. The second-order valence-electron chi connectivity index (χ2n) is 6.42. The number of sulfone groups is 1. The third-order valence-electron chi connectivity index (χ3n) is 4.20. The topological polar surface area (TPSA) is 92.3 Å². The number of nitrogens with one attached hydrogen (secondary N) is 2. The Kier molecular flexibility index (Phi) is 6.09. The molecule has 0 aromatic heterocycles. The Morgan fingerprint density at radius 3 is 1.83 bits per heavy atom. The van der Waals surface area contributed by atoms with Gasteiger partial charge in [-0.05, 0) is 55.5 Å². The minimum absolute atomic E-state index is 0.263. The molecule has 0 spiro atoms. The van der Waals surface area contributed by atoms with E-state index in [-0.39, 0.29) is 10.6 Å². The quantitative estimate of drug-likeness (QED) is 0.549. The molecule has 6 nitrogen and oxygen atoms in total. The highest BCUT2D eigenvalue weighted by Gasteiger charge is 2.27. The first-order valence-electron chi connectivity index (χ1n) is 8.67. The average Bonchev–Trinajstić information content (AvgIpc) is 2.71. The number of alkyl halides is 2. The second kappa shape index (κ2) is 8.41. The maximum Gasteiger partial charge on any atom is 0.341 e. The van der Waals surface area contributed by atoms with Gasteiger partial charge >= 0.3 is 5.76 Å². The van der Waals surface area contributed by atoms with Crippen LogP contribution in [-0.4, -0.2) is 22.6 Å². The first kappa shape index (κ1) is 21.7. The van der Waals surface area contributed by atoms with E-state index in [2.05, 4.69) is 10.0 Å². The summed E-state index contributed by atoms with van der Waals surface area (Å²) in [7, 11) is -8.89. The van der Waals surface area contributed by atoms with Gasteiger partial charge in [-0.2, -0.15) is 8.78 Å². The van der Waals surface area contributed by atoms with Crippen molar-refractivity contribution in [1.82, 2.24) is 0 Å². The molecule has 0 unspecified atom stereocenters. The third-order valence-corrected chi connectivity index (χ3v) is 6.98. The molecule has 2 N–H and O–H groups in total. The predicted octanol–water partition coefficient (Wildman–Crippen LogP) is 4.54. The van der Waals surface area contributed by atoms with E-state index in [1.165, 1.54) is 0 Å². The highest BCUT2D eigenvalue weighted by Crippen LogP contribution is 2.28. The van der Waals surface area contributed by atoms with Crippen LogP contribution >= 0.6 is 0 Å². The van der Waals surface area contributed by atoms with Crippen LogP contribution in [0.2, 0.25) is 0 Å². The van der Waals surface area contributed by atoms with Gasteiger partial charge in [-0.3, -0.25) is 4.72 Å². The van der Waals surface area contributed by atoms with Crippen LogP contribution in [0.1, 0.15) is 5.56 Å². The molecule has 3 aromatic rings. The van der Waals surface area contributed by atoms with Crippen LogP contribution in [0.15, 0.2) is 82.6 Å². The van der Waals surface area contributed by atoms with Crippen molar-refractivity contribution in [2.24, 2.45) is 0 Å². The molecule has 3 rings (SSSR count). The fourth-order valence-electron chi connectivity index (χ4n) is 2.59. The van der Waals surface area contributed by atoms with E-state index in [0.717, 1.165) is 35.5 Å². The van der Waals surface area contributed by atoms with Crippen molar-refractivity contribution in [3.63, 3.8) is 0 Å². The molecule has 0 aliphatic heterocycles. The van der Waals surface area contributed by atoms with Crippen LogP contribution in [0, 0.1) is 6.92 Å². The van der Waals surface area contributed by atoms with E-state index in [1.54, 1.807) is 24.3 Å². The minimum atomic E-state index is -4.80. The highest BCUT2D eigenvalue weighted by atomic mass is 32.2. The molecule has 3 aromatic carbocycles. The minimum Gasteiger partial charge on any atom is -0.354 e. The third kappa shape index (κ3) is 4.77. The van der Waals surface area contributed by atoms with E-state index in [0.29, 0.717) is 5.69 Å². The van der Waals surface area contributed by atoms with Crippen LogP contribution in [0.3, 0.4) is 0 Å². The smallest absolute Gasteiger partial charge is 0.341 e. The Hall–Kier alpha value is -2.98. The Morgan fingerprint density at radius 2 is 1.27 bits per heavy atom. The number of halogens is 2. The average molecular weight is 453 g/mol. The first-order valence-corrected chi connectivity index (χ1v) is 11.7. The second-order valence-corrected chi connectivity index (χ2v) is 10.0. The molecular formula is C20H18F2N2O4S2. The molecule has 0 saturated carbocycles. The van der Waals surface area contributed by atoms with Gasteiger partial charge in [0.1, 0.15) is 0 Å². The van der Waals surface area contributed by atoms with Crippen LogP contribution in [0.5, 0.6) is 0 Å². The van der Waals surface area contributed by atoms with E-state index in [1.807, 2.05) is 31.2 Å². The van der Waals surface area contributed by atoms with Crippen molar-refractivity contribution in [1.29, 1.82) is 0 Å². The van der Waals surface area contributed by atoms with Crippen LogP contribution in [0.4, 0.5) is 25.8 Å². The van der Waals surface area contributed by atoms with E-state index in [9.17, 15) is 25.6 Å². The van der Waals surface area contributed by atoms with Gasteiger partial charge in [-0.15, -0.1) is 0 Å². The molecule has 0 aliphatic carbocycles. The molecule has 30 heavy (non-hydrogen) atoms. The molecule has 0 saturated heterocycles. The summed E-state index contributed by atoms with van der Waals surface area (Å²) in [5.74, 6) is -3.59. The summed E-state index contributed by atoms with van der Waals surface area (Å²) >= 11 is 0. The van der Waals surface area contributed by atoms with E-state index in [4.69, 9.17) is 0 Å². The Bertz CT molecular complexity index is 1240. The molecule has 0 heterocycles. The highest BCUT2D eigenvalue weighted by molar-refractivity contribution is 7.93. The standard InChI is InChI=1S/C20H18F2N2O4S2/c1-14-6-8-15(9-7-14)23-18-4-2-3-5-19(18)24-30(27,28)17-12-10-16(11-13-17)29(25,26)20(21)22/h2-13,20,23-24H,1H3. The fraction of sp³-hybridized carbons (Fsp3) is 0.100. The molecule has 0 fully saturated rings. The van der Waals surface area contributed by atoms with Crippen molar-refractivity contribution in [2.75, 3.05) is 10.0 Å². The zero-order valence-corrected chi connectivity index (χ0v) is 17.3. The van der Waals surface area contributed by atoms with Gasteiger partial charge in [0.05, 0.1) is 21.2 Å². The summed E-state index contributed by atoms with van der Waals surface area (Å²) in [5, 5.41) is 3.13. The van der Waals surface area contributed by atoms with Gasteiger partial charge in [-0.1, -0.05) is 29.8 Å². The molecule has 0 atom stereocenters. The summed E-state index contributed by atoms with van der Waals surface area (Å²) in [6.45, 7) is 1.95. The number of aryl methyl sites for hydroxylation is 1. The number of anilines is 3. The maximum atomic E-state index is 12.7. The van der Waals surface area contributed by atoms with E-state index < -0.39 is 30.5 Å². The number of hydrogen-bond acceptors (Lipinski definition) is 5. The molecular weight excluding hydrogens is 434 g/mol. The fourth-order valence-corrected chi connectivity index (χ4v) is 4.39. The Labute approximate surface area is 173 Å². The number of rotatable bonds is 7. The number of sulfonamides is 1. The lowest BCUT2D eigenvalue weighted by molar-refractivity contribution is 0.234. The van der Waals surface area contributed by atoms with Gasteiger partial charge in [-0.25, -0.2) is 16.8 Å². The Morgan fingerprint density at radius 1 is 0.733 bits per heavy atom. The summed E-state index contributed by atoms with van der Waals surface area (Å²) in [6, 6.07) is 17.8. The molecule has 0 radical (unpaired) electrons.